The summed E-state index contributed by atoms with van der Waals surface area (Å²) in [5.41, 5.74) is 1.40. The van der Waals surface area contributed by atoms with Gasteiger partial charge in [-0.25, -0.2) is 8.78 Å². The molecule has 0 radical (unpaired) electrons. The molecule has 0 aliphatic carbocycles. The quantitative estimate of drug-likeness (QED) is 0.481. The van der Waals surface area contributed by atoms with Crippen LogP contribution in [-0.4, -0.2) is 65.8 Å². The molecule has 3 amide bonds. The van der Waals surface area contributed by atoms with Gasteiger partial charge in [-0.05, 0) is 36.1 Å². The van der Waals surface area contributed by atoms with Crippen LogP contribution < -0.4 is 10.6 Å². The number of carbonyl (C=O) groups is 3. The highest BCUT2D eigenvalue weighted by molar-refractivity contribution is 5.89. The summed E-state index contributed by atoms with van der Waals surface area (Å²) in [5.74, 6) is -2.47. The van der Waals surface area contributed by atoms with Crippen molar-refractivity contribution in [2.24, 2.45) is 5.92 Å². The van der Waals surface area contributed by atoms with Crippen LogP contribution in [0.5, 0.6) is 0 Å². The summed E-state index contributed by atoms with van der Waals surface area (Å²) in [6, 6.07) is 11.8. The molecule has 2 unspecified atom stereocenters. The zero-order valence-corrected chi connectivity index (χ0v) is 20.7. The molecule has 2 aromatic rings. The van der Waals surface area contributed by atoms with Gasteiger partial charge in [0.15, 0.2) is 0 Å². The van der Waals surface area contributed by atoms with Gasteiger partial charge >= 0.3 is 0 Å². The Kier molecular flexibility index (Phi) is 8.66. The first-order chi connectivity index (χ1) is 17.8. The molecule has 0 saturated carbocycles. The average Bonchev–Trinajstić information content (AvgIpc) is 3.22. The number of likely N-dealkylation sites (tertiary alicyclic amines) is 1. The lowest BCUT2D eigenvalue weighted by Crippen LogP contribution is -2.57. The predicted octanol–water partition coefficient (Wildman–Crippen LogP) is 2.42. The van der Waals surface area contributed by atoms with E-state index in [9.17, 15) is 23.2 Å². The Morgan fingerprint density at radius 3 is 2.54 bits per heavy atom. The van der Waals surface area contributed by atoms with Crippen LogP contribution in [-0.2, 0) is 27.3 Å². The van der Waals surface area contributed by atoms with Crippen LogP contribution in [0, 0.1) is 17.6 Å². The van der Waals surface area contributed by atoms with Crippen molar-refractivity contribution in [1.29, 1.82) is 0 Å². The van der Waals surface area contributed by atoms with Gasteiger partial charge in [0.1, 0.15) is 11.6 Å². The number of nitrogens with zero attached hydrogens (tertiary/aromatic N) is 2. The summed E-state index contributed by atoms with van der Waals surface area (Å²) in [4.78, 5) is 42.0. The zero-order chi connectivity index (χ0) is 26.4. The van der Waals surface area contributed by atoms with Crippen molar-refractivity contribution in [2.75, 3.05) is 26.2 Å². The number of nitrogens with one attached hydrogen (secondary N) is 2. The zero-order valence-electron chi connectivity index (χ0n) is 20.7. The minimum Gasteiger partial charge on any atom is -0.353 e. The molecule has 2 N–H and O–H groups in total. The number of benzene rings is 2. The van der Waals surface area contributed by atoms with Crippen molar-refractivity contribution in [2.45, 2.75) is 37.9 Å². The summed E-state index contributed by atoms with van der Waals surface area (Å²) in [6.07, 6.45) is 2.08. The van der Waals surface area contributed by atoms with E-state index < -0.39 is 29.6 Å². The molecule has 2 aromatic carbocycles. The molecule has 3 atom stereocenters. The SMILES string of the molecule is C=CCN1C[C@@H](C(=O)NC(Cc2cc(F)cc(F)c2)CC2NCCN(Cc3ccccc3)C2=O)CC1=O. The van der Waals surface area contributed by atoms with Gasteiger partial charge in [0, 0.05) is 51.3 Å². The number of halogens is 2. The van der Waals surface area contributed by atoms with Crippen LogP contribution in [0.15, 0.2) is 61.2 Å². The summed E-state index contributed by atoms with van der Waals surface area (Å²) < 4.78 is 27.7. The first kappa shape index (κ1) is 26.5. The van der Waals surface area contributed by atoms with Crippen molar-refractivity contribution in [3.8, 4) is 0 Å². The minimum absolute atomic E-state index is 0.0897. The van der Waals surface area contributed by atoms with E-state index in [1.807, 2.05) is 30.3 Å². The number of amides is 3. The van der Waals surface area contributed by atoms with Crippen molar-refractivity contribution in [3.05, 3.63) is 83.9 Å². The topological polar surface area (TPSA) is 81.8 Å². The number of rotatable bonds is 10. The molecule has 0 spiro atoms. The highest BCUT2D eigenvalue weighted by atomic mass is 19.1. The van der Waals surface area contributed by atoms with E-state index >= 15 is 0 Å². The van der Waals surface area contributed by atoms with Crippen LogP contribution >= 0.6 is 0 Å². The minimum atomic E-state index is -0.706. The van der Waals surface area contributed by atoms with Gasteiger partial charge in [-0.15, -0.1) is 6.58 Å². The van der Waals surface area contributed by atoms with E-state index in [1.165, 1.54) is 12.1 Å². The molecule has 2 aliphatic heterocycles. The van der Waals surface area contributed by atoms with Crippen LogP contribution in [0.4, 0.5) is 8.78 Å². The molecule has 2 aliphatic rings. The lowest BCUT2D eigenvalue weighted by molar-refractivity contribution is -0.137. The molecule has 37 heavy (non-hydrogen) atoms. The Morgan fingerprint density at radius 1 is 1.11 bits per heavy atom. The Balaban J connectivity index is 1.47. The molecule has 2 saturated heterocycles. The van der Waals surface area contributed by atoms with E-state index in [0.29, 0.717) is 31.7 Å². The molecular formula is C28H32F2N4O3. The predicted molar refractivity (Wildman–Crippen MR) is 135 cm³/mol. The van der Waals surface area contributed by atoms with Gasteiger partial charge in [0.25, 0.3) is 0 Å². The summed E-state index contributed by atoms with van der Waals surface area (Å²) in [7, 11) is 0. The standard InChI is InChI=1S/C28H32F2N4O3/c1-2-9-33-18-21(14-26(33)35)27(36)32-24(13-20-11-22(29)15-23(30)12-20)16-25-28(37)34(10-8-31-25)17-19-6-4-3-5-7-19/h2-7,11-12,15,21,24-25,31H,1,8-10,13-14,16-18H2,(H,32,36)/t21-,24?,25?/m0/s1. The van der Waals surface area contributed by atoms with E-state index in [0.717, 1.165) is 11.6 Å². The van der Waals surface area contributed by atoms with Gasteiger partial charge in [-0.1, -0.05) is 36.4 Å². The normalized spacial score (nSPS) is 20.7. The van der Waals surface area contributed by atoms with Crippen molar-refractivity contribution in [1.82, 2.24) is 20.4 Å². The van der Waals surface area contributed by atoms with Gasteiger partial charge in [-0.2, -0.15) is 0 Å². The lowest BCUT2D eigenvalue weighted by Gasteiger charge is -2.35. The fourth-order valence-electron chi connectivity index (χ4n) is 5.03. The van der Waals surface area contributed by atoms with Crippen LogP contribution in [0.25, 0.3) is 0 Å². The molecule has 2 heterocycles. The number of carbonyl (C=O) groups excluding carboxylic acids is 3. The van der Waals surface area contributed by atoms with Crippen LogP contribution in [0.1, 0.15) is 24.0 Å². The fourth-order valence-corrected chi connectivity index (χ4v) is 5.03. The lowest BCUT2D eigenvalue weighted by atomic mass is 9.96. The Labute approximate surface area is 215 Å². The maximum atomic E-state index is 13.9. The number of hydrogen-bond acceptors (Lipinski definition) is 4. The van der Waals surface area contributed by atoms with Gasteiger partial charge in [-0.3, -0.25) is 14.4 Å². The largest absolute Gasteiger partial charge is 0.353 e. The fraction of sp³-hybridized carbons (Fsp3) is 0.393. The molecule has 9 heteroatoms. The molecular weight excluding hydrogens is 478 g/mol. The van der Waals surface area contributed by atoms with Crippen LogP contribution in [0.3, 0.4) is 0 Å². The average molecular weight is 511 g/mol. The third kappa shape index (κ3) is 7.01. The monoisotopic (exact) mass is 510 g/mol. The summed E-state index contributed by atoms with van der Waals surface area (Å²) >= 11 is 0. The van der Waals surface area contributed by atoms with Crippen molar-refractivity contribution in [3.63, 3.8) is 0 Å². The molecule has 7 nitrogen and oxygen atoms in total. The molecule has 4 rings (SSSR count). The van der Waals surface area contributed by atoms with Gasteiger partial charge < -0.3 is 20.4 Å². The first-order valence-electron chi connectivity index (χ1n) is 12.5. The third-order valence-electron chi connectivity index (χ3n) is 6.80. The van der Waals surface area contributed by atoms with E-state index in [-0.39, 0.29) is 43.5 Å². The van der Waals surface area contributed by atoms with Gasteiger partial charge in [0.2, 0.25) is 17.7 Å². The van der Waals surface area contributed by atoms with Gasteiger partial charge in [0.05, 0.1) is 12.0 Å². The molecule has 2 fully saturated rings. The van der Waals surface area contributed by atoms with Crippen molar-refractivity contribution < 1.29 is 23.2 Å². The maximum Gasteiger partial charge on any atom is 0.240 e. The summed E-state index contributed by atoms with van der Waals surface area (Å²) in [5, 5.41) is 6.20. The maximum absolute atomic E-state index is 13.9. The van der Waals surface area contributed by atoms with Crippen molar-refractivity contribution >= 4 is 17.7 Å². The number of hydrogen-bond donors (Lipinski definition) is 2. The smallest absolute Gasteiger partial charge is 0.240 e. The Bertz CT molecular complexity index is 1120. The Hall–Kier alpha value is -3.59. The van der Waals surface area contributed by atoms with E-state index in [2.05, 4.69) is 17.2 Å². The summed E-state index contributed by atoms with van der Waals surface area (Å²) in [6.45, 7) is 5.92. The first-order valence-corrected chi connectivity index (χ1v) is 12.5. The van der Waals surface area contributed by atoms with Crippen LogP contribution in [0.2, 0.25) is 0 Å². The second-order valence-corrected chi connectivity index (χ2v) is 9.66. The highest BCUT2D eigenvalue weighted by Gasteiger charge is 2.36. The Morgan fingerprint density at radius 2 is 1.84 bits per heavy atom. The third-order valence-corrected chi connectivity index (χ3v) is 6.80. The molecule has 0 bridgehead atoms. The molecule has 0 aromatic heterocycles. The molecule has 196 valence electrons. The second-order valence-electron chi connectivity index (χ2n) is 9.66. The second kappa shape index (κ2) is 12.1. The van der Waals surface area contributed by atoms with E-state index in [1.54, 1.807) is 15.9 Å². The highest BCUT2D eigenvalue weighted by Crippen LogP contribution is 2.20. The van der Waals surface area contributed by atoms with E-state index in [4.69, 9.17) is 0 Å². The number of piperazine rings is 1.